The van der Waals surface area contributed by atoms with Crippen LogP contribution in [-0.2, 0) is 28.9 Å². The van der Waals surface area contributed by atoms with Gasteiger partial charge in [0.05, 0.1) is 5.56 Å². The third kappa shape index (κ3) is 3.91. The highest BCUT2D eigenvalue weighted by Gasteiger charge is 2.38. The maximum absolute atomic E-state index is 13.0. The summed E-state index contributed by atoms with van der Waals surface area (Å²) in [6, 6.07) is 2.13. The molecular weight excluding hydrogens is 363 g/mol. The fourth-order valence-electron chi connectivity index (χ4n) is 3.50. The summed E-state index contributed by atoms with van der Waals surface area (Å²) in [5, 5.41) is 4.61. The van der Waals surface area contributed by atoms with Crippen molar-refractivity contribution in [3.8, 4) is 0 Å². The van der Waals surface area contributed by atoms with Crippen LogP contribution in [0.4, 0.5) is 18.0 Å². The predicted octanol–water partition coefficient (Wildman–Crippen LogP) is 2.42. The van der Waals surface area contributed by atoms with Gasteiger partial charge >= 0.3 is 12.2 Å². The minimum Gasteiger partial charge on any atom is -0.334 e. The van der Waals surface area contributed by atoms with Crippen LogP contribution in [0.3, 0.4) is 0 Å². The van der Waals surface area contributed by atoms with Crippen LogP contribution in [0.15, 0.2) is 18.2 Å². The number of halogens is 3. The first kappa shape index (κ1) is 19.2. The Bertz CT molecular complexity index is 792. The number of urea groups is 1. The maximum atomic E-state index is 13.0. The summed E-state index contributed by atoms with van der Waals surface area (Å²) in [5.74, 6) is -1.34. The van der Waals surface area contributed by atoms with E-state index < -0.39 is 35.6 Å². The van der Waals surface area contributed by atoms with Gasteiger partial charge in [-0.05, 0) is 35.6 Å². The first-order chi connectivity index (χ1) is 12.6. The topological polar surface area (TPSA) is 78.5 Å². The number of amides is 4. The average molecular weight is 383 g/mol. The van der Waals surface area contributed by atoms with E-state index in [1.807, 2.05) is 13.8 Å². The highest BCUT2D eigenvalue weighted by Crippen LogP contribution is 2.34. The number of rotatable bonds is 4. The Morgan fingerprint density at radius 2 is 1.89 bits per heavy atom. The predicted molar refractivity (Wildman–Crippen MR) is 89.1 cm³/mol. The van der Waals surface area contributed by atoms with E-state index in [0.717, 1.165) is 12.1 Å². The molecule has 0 bridgehead atoms. The summed E-state index contributed by atoms with van der Waals surface area (Å²) in [6.45, 7) is 4.01. The van der Waals surface area contributed by atoms with Crippen molar-refractivity contribution in [2.24, 2.45) is 11.8 Å². The van der Waals surface area contributed by atoms with Gasteiger partial charge in [-0.15, -0.1) is 0 Å². The van der Waals surface area contributed by atoms with Crippen molar-refractivity contribution >= 4 is 17.8 Å². The zero-order valence-corrected chi connectivity index (χ0v) is 14.9. The van der Waals surface area contributed by atoms with Crippen LogP contribution in [0.1, 0.15) is 37.0 Å². The largest absolute Gasteiger partial charge is 0.416 e. The van der Waals surface area contributed by atoms with Crippen LogP contribution in [0.25, 0.3) is 0 Å². The minimum atomic E-state index is -4.43. The van der Waals surface area contributed by atoms with E-state index in [0.29, 0.717) is 11.1 Å². The highest BCUT2D eigenvalue weighted by molar-refractivity contribution is 6.04. The normalized spacial score (nSPS) is 20.5. The van der Waals surface area contributed by atoms with E-state index in [9.17, 15) is 27.6 Å². The van der Waals surface area contributed by atoms with Gasteiger partial charge in [-0.3, -0.25) is 14.9 Å². The molecule has 27 heavy (non-hydrogen) atoms. The first-order valence-electron chi connectivity index (χ1n) is 8.65. The smallest absolute Gasteiger partial charge is 0.334 e. The molecule has 2 N–H and O–H groups in total. The van der Waals surface area contributed by atoms with Crippen molar-refractivity contribution in [1.82, 2.24) is 15.5 Å². The van der Waals surface area contributed by atoms with Crippen LogP contribution in [0.2, 0.25) is 0 Å². The Balaban J connectivity index is 1.74. The molecule has 2 heterocycles. The molecule has 1 aromatic rings. The van der Waals surface area contributed by atoms with Gasteiger partial charge in [-0.1, -0.05) is 19.9 Å². The molecule has 1 fully saturated rings. The molecule has 6 nitrogen and oxygen atoms in total. The molecule has 3 rings (SSSR count). The molecule has 9 heteroatoms. The van der Waals surface area contributed by atoms with Gasteiger partial charge in [-0.25, -0.2) is 4.79 Å². The number of carbonyl (C=O) groups is 3. The van der Waals surface area contributed by atoms with Gasteiger partial charge in [-0.2, -0.15) is 13.2 Å². The number of carbonyl (C=O) groups excluding carboxylic acids is 3. The molecule has 0 radical (unpaired) electrons. The molecule has 0 aromatic heterocycles. The molecule has 0 spiro atoms. The first-order valence-corrected chi connectivity index (χ1v) is 8.65. The van der Waals surface area contributed by atoms with Gasteiger partial charge in [0.1, 0.15) is 6.04 Å². The molecule has 2 atom stereocenters. The quantitative estimate of drug-likeness (QED) is 0.784. The maximum Gasteiger partial charge on any atom is 0.416 e. The standard InChI is InChI=1S/C18H20F3N3O3/c1-9(2)13(6-14-15(25)23-17(27)22-14)16(26)24-7-10-3-4-12(18(19,20)21)5-11(10)8-24/h3-5,9,13-14H,6-8H2,1-2H3,(H2,22,23,25,27). The highest BCUT2D eigenvalue weighted by atomic mass is 19.4. The van der Waals surface area contributed by atoms with Crippen molar-refractivity contribution in [3.63, 3.8) is 0 Å². The van der Waals surface area contributed by atoms with E-state index in [-0.39, 0.29) is 31.3 Å². The van der Waals surface area contributed by atoms with Crippen LogP contribution >= 0.6 is 0 Å². The second-order valence-corrected chi connectivity index (χ2v) is 7.28. The van der Waals surface area contributed by atoms with Crippen LogP contribution in [0, 0.1) is 11.8 Å². The second-order valence-electron chi connectivity index (χ2n) is 7.28. The summed E-state index contributed by atoms with van der Waals surface area (Å²) in [7, 11) is 0. The lowest BCUT2D eigenvalue weighted by Gasteiger charge is -2.27. The molecule has 146 valence electrons. The summed E-state index contributed by atoms with van der Waals surface area (Å²) in [4.78, 5) is 37.5. The van der Waals surface area contributed by atoms with Crippen molar-refractivity contribution in [3.05, 3.63) is 34.9 Å². The second kappa shape index (κ2) is 6.86. The number of alkyl halides is 3. The lowest BCUT2D eigenvalue weighted by molar-refractivity contribution is -0.138. The van der Waals surface area contributed by atoms with E-state index in [4.69, 9.17) is 0 Å². The fraction of sp³-hybridized carbons (Fsp3) is 0.500. The average Bonchev–Trinajstić information content (AvgIpc) is 3.12. The van der Waals surface area contributed by atoms with Gasteiger partial charge < -0.3 is 10.2 Å². The van der Waals surface area contributed by atoms with Crippen molar-refractivity contribution in [1.29, 1.82) is 0 Å². The Labute approximate surface area is 154 Å². The minimum absolute atomic E-state index is 0.0998. The summed E-state index contributed by atoms with van der Waals surface area (Å²) < 4.78 is 38.7. The van der Waals surface area contributed by atoms with E-state index in [2.05, 4.69) is 10.6 Å². The van der Waals surface area contributed by atoms with Gasteiger partial charge in [0.2, 0.25) is 5.91 Å². The van der Waals surface area contributed by atoms with Crippen molar-refractivity contribution in [2.75, 3.05) is 0 Å². The molecule has 0 saturated carbocycles. The third-order valence-electron chi connectivity index (χ3n) is 5.04. The van der Waals surface area contributed by atoms with Crippen molar-refractivity contribution in [2.45, 2.75) is 45.6 Å². The molecule has 1 saturated heterocycles. The zero-order valence-electron chi connectivity index (χ0n) is 14.9. The van der Waals surface area contributed by atoms with Crippen LogP contribution < -0.4 is 10.6 Å². The molecule has 0 aliphatic carbocycles. The van der Waals surface area contributed by atoms with E-state index in [1.54, 1.807) is 0 Å². The van der Waals surface area contributed by atoms with E-state index in [1.165, 1.54) is 11.0 Å². The Hall–Kier alpha value is -2.58. The molecule has 2 aliphatic rings. The lowest BCUT2D eigenvalue weighted by Crippen LogP contribution is -2.40. The number of nitrogens with zero attached hydrogens (tertiary/aromatic N) is 1. The van der Waals surface area contributed by atoms with Crippen LogP contribution in [0.5, 0.6) is 0 Å². The summed E-state index contributed by atoms with van der Waals surface area (Å²) in [5.41, 5.74) is 0.430. The number of imide groups is 1. The van der Waals surface area contributed by atoms with E-state index >= 15 is 0 Å². The SMILES string of the molecule is CC(C)C(CC1NC(=O)NC1=O)C(=O)N1Cc2ccc(C(F)(F)F)cc2C1. The number of benzene rings is 1. The third-order valence-corrected chi connectivity index (χ3v) is 5.04. The number of fused-ring (bicyclic) bond motifs is 1. The molecule has 2 unspecified atom stereocenters. The van der Waals surface area contributed by atoms with Crippen LogP contribution in [-0.4, -0.2) is 28.8 Å². The number of nitrogens with one attached hydrogen (secondary N) is 2. The lowest BCUT2D eigenvalue weighted by atomic mass is 9.88. The molecule has 1 aromatic carbocycles. The summed E-state index contributed by atoms with van der Waals surface area (Å²) in [6.07, 6.45) is -4.28. The van der Waals surface area contributed by atoms with Crippen molar-refractivity contribution < 1.29 is 27.6 Å². The van der Waals surface area contributed by atoms with Gasteiger partial charge in [0.25, 0.3) is 5.91 Å². The summed E-state index contributed by atoms with van der Waals surface area (Å²) >= 11 is 0. The van der Waals surface area contributed by atoms with Gasteiger partial charge in [0.15, 0.2) is 0 Å². The number of hydrogen-bond donors (Lipinski definition) is 2. The fourth-order valence-corrected chi connectivity index (χ4v) is 3.50. The monoisotopic (exact) mass is 383 g/mol. The van der Waals surface area contributed by atoms with Gasteiger partial charge in [0, 0.05) is 19.0 Å². The Morgan fingerprint density at radius 3 is 2.44 bits per heavy atom. The molecule has 2 aliphatic heterocycles. The molecular formula is C18H20F3N3O3. The zero-order chi connectivity index (χ0) is 19.9. The Kier molecular flexibility index (Phi) is 4.88. The number of hydrogen-bond acceptors (Lipinski definition) is 3. The molecule has 4 amide bonds. The Morgan fingerprint density at radius 1 is 1.22 bits per heavy atom.